The van der Waals surface area contributed by atoms with Crippen LogP contribution in [-0.4, -0.2) is 25.1 Å². The second kappa shape index (κ2) is 8.39. The predicted octanol–water partition coefficient (Wildman–Crippen LogP) is 3.88. The fraction of sp³-hybridized carbons (Fsp3) is 0.125. The van der Waals surface area contributed by atoms with Gasteiger partial charge >= 0.3 is 12.6 Å². The van der Waals surface area contributed by atoms with Crippen molar-refractivity contribution in [1.29, 1.82) is 0 Å². The van der Waals surface area contributed by atoms with Crippen molar-refractivity contribution in [2.75, 3.05) is 11.9 Å². The highest BCUT2D eigenvalue weighted by Gasteiger charge is 2.13. The Morgan fingerprint density at radius 3 is 2.60 bits per heavy atom. The van der Waals surface area contributed by atoms with Crippen LogP contribution in [0.1, 0.15) is 10.4 Å². The van der Waals surface area contributed by atoms with Crippen LogP contribution in [0.2, 0.25) is 5.02 Å². The second-order valence-electron chi connectivity index (χ2n) is 4.66. The summed E-state index contributed by atoms with van der Waals surface area (Å²) in [5.41, 5.74) is 0.163. The summed E-state index contributed by atoms with van der Waals surface area (Å²) in [6, 6.07) is 8.50. The van der Waals surface area contributed by atoms with E-state index in [-0.39, 0.29) is 22.0 Å². The average Bonchev–Trinajstić information content (AvgIpc) is 2.55. The summed E-state index contributed by atoms with van der Waals surface area (Å²) in [6.07, 6.45) is 0. The summed E-state index contributed by atoms with van der Waals surface area (Å²) >= 11 is 5.58. The van der Waals surface area contributed by atoms with Gasteiger partial charge < -0.3 is 14.8 Å². The standard InChI is InChI=1S/C16H11ClF3NO4/c17-12-7-10(4-5-13(12)18)21-14(22)8-24-15(23)9-2-1-3-11(6-9)25-16(19)20/h1-7,16H,8H2,(H,21,22). The van der Waals surface area contributed by atoms with Crippen molar-refractivity contribution in [2.24, 2.45) is 0 Å². The first-order chi connectivity index (χ1) is 11.8. The van der Waals surface area contributed by atoms with E-state index in [4.69, 9.17) is 16.3 Å². The monoisotopic (exact) mass is 373 g/mol. The van der Waals surface area contributed by atoms with Gasteiger partial charge in [-0.25, -0.2) is 9.18 Å². The molecule has 0 saturated heterocycles. The number of halogens is 4. The van der Waals surface area contributed by atoms with Gasteiger partial charge in [0.25, 0.3) is 5.91 Å². The number of carbonyl (C=O) groups is 2. The van der Waals surface area contributed by atoms with E-state index in [2.05, 4.69) is 10.1 Å². The molecule has 132 valence electrons. The van der Waals surface area contributed by atoms with Crippen molar-refractivity contribution in [3.8, 4) is 5.75 Å². The first kappa shape index (κ1) is 18.6. The molecule has 2 rings (SSSR count). The van der Waals surface area contributed by atoms with E-state index < -0.39 is 30.9 Å². The van der Waals surface area contributed by atoms with E-state index in [1.807, 2.05) is 0 Å². The van der Waals surface area contributed by atoms with Crippen molar-refractivity contribution in [3.63, 3.8) is 0 Å². The fourth-order valence-corrected chi connectivity index (χ4v) is 1.97. The highest BCUT2D eigenvalue weighted by molar-refractivity contribution is 6.31. The molecule has 0 aromatic heterocycles. The maximum atomic E-state index is 13.0. The van der Waals surface area contributed by atoms with Crippen LogP contribution >= 0.6 is 11.6 Å². The van der Waals surface area contributed by atoms with Crippen LogP contribution in [0.25, 0.3) is 0 Å². The zero-order valence-electron chi connectivity index (χ0n) is 12.5. The van der Waals surface area contributed by atoms with Crippen LogP contribution in [0, 0.1) is 5.82 Å². The molecule has 9 heteroatoms. The van der Waals surface area contributed by atoms with Gasteiger partial charge in [0.15, 0.2) is 6.61 Å². The Bertz CT molecular complexity index is 786. The first-order valence-corrected chi connectivity index (χ1v) is 7.20. The van der Waals surface area contributed by atoms with E-state index in [0.717, 1.165) is 12.1 Å². The zero-order valence-corrected chi connectivity index (χ0v) is 13.2. The average molecular weight is 374 g/mol. The lowest BCUT2D eigenvalue weighted by atomic mass is 10.2. The number of anilines is 1. The molecule has 0 aliphatic heterocycles. The third-order valence-corrected chi connectivity index (χ3v) is 3.12. The van der Waals surface area contributed by atoms with Crippen LogP contribution in [0.15, 0.2) is 42.5 Å². The molecule has 0 heterocycles. The number of amides is 1. The molecule has 0 spiro atoms. The predicted molar refractivity (Wildman–Crippen MR) is 83.4 cm³/mol. The van der Waals surface area contributed by atoms with Gasteiger partial charge in [-0.1, -0.05) is 17.7 Å². The molecule has 2 aromatic carbocycles. The van der Waals surface area contributed by atoms with Crippen LogP contribution in [-0.2, 0) is 9.53 Å². The number of carbonyl (C=O) groups excluding carboxylic acids is 2. The molecule has 0 aliphatic rings. The minimum Gasteiger partial charge on any atom is -0.452 e. The first-order valence-electron chi connectivity index (χ1n) is 6.82. The molecule has 0 aliphatic carbocycles. The topological polar surface area (TPSA) is 64.6 Å². The quantitative estimate of drug-likeness (QED) is 0.780. The number of nitrogens with one attached hydrogen (secondary N) is 1. The highest BCUT2D eigenvalue weighted by atomic mass is 35.5. The number of hydrogen-bond acceptors (Lipinski definition) is 4. The lowest BCUT2D eigenvalue weighted by Gasteiger charge is -2.08. The number of esters is 1. The van der Waals surface area contributed by atoms with Gasteiger partial charge in [0.05, 0.1) is 10.6 Å². The molecule has 0 unspecified atom stereocenters. The van der Waals surface area contributed by atoms with E-state index in [1.165, 1.54) is 30.3 Å². The molecule has 0 atom stereocenters. The van der Waals surface area contributed by atoms with Crippen LogP contribution in [0.5, 0.6) is 5.75 Å². The Balaban J connectivity index is 1.90. The molecule has 25 heavy (non-hydrogen) atoms. The van der Waals surface area contributed by atoms with E-state index in [0.29, 0.717) is 0 Å². The molecular formula is C16H11ClF3NO4. The Labute approximate surface area is 145 Å². The molecule has 0 fully saturated rings. The van der Waals surface area contributed by atoms with Gasteiger partial charge in [-0.2, -0.15) is 8.78 Å². The van der Waals surface area contributed by atoms with Crippen molar-refractivity contribution in [1.82, 2.24) is 0 Å². The molecule has 1 amide bonds. The number of alkyl halides is 2. The van der Waals surface area contributed by atoms with Crippen LogP contribution < -0.4 is 10.1 Å². The third kappa shape index (κ3) is 5.68. The Hall–Kier alpha value is -2.74. The van der Waals surface area contributed by atoms with Gasteiger partial charge in [0.1, 0.15) is 11.6 Å². The number of ether oxygens (including phenoxy) is 2. The summed E-state index contributed by atoms with van der Waals surface area (Å²) < 4.78 is 46.2. The number of rotatable bonds is 6. The number of benzene rings is 2. The van der Waals surface area contributed by atoms with Gasteiger partial charge in [-0.3, -0.25) is 4.79 Å². The molecule has 1 N–H and O–H groups in total. The molecule has 5 nitrogen and oxygen atoms in total. The zero-order chi connectivity index (χ0) is 18.4. The van der Waals surface area contributed by atoms with Gasteiger partial charge in [-0.05, 0) is 36.4 Å². The van der Waals surface area contributed by atoms with E-state index in [9.17, 15) is 22.8 Å². The summed E-state index contributed by atoms with van der Waals surface area (Å²) in [6.45, 7) is -3.66. The Kier molecular flexibility index (Phi) is 6.24. The molecular weight excluding hydrogens is 363 g/mol. The summed E-state index contributed by atoms with van der Waals surface area (Å²) in [7, 11) is 0. The molecule has 0 radical (unpaired) electrons. The van der Waals surface area contributed by atoms with Crippen molar-refractivity contribution < 1.29 is 32.2 Å². The maximum absolute atomic E-state index is 13.0. The Morgan fingerprint density at radius 1 is 1.16 bits per heavy atom. The van der Waals surface area contributed by atoms with Gasteiger partial charge in [-0.15, -0.1) is 0 Å². The molecule has 0 bridgehead atoms. The van der Waals surface area contributed by atoms with Crippen LogP contribution in [0.4, 0.5) is 18.9 Å². The van der Waals surface area contributed by atoms with Gasteiger partial charge in [0.2, 0.25) is 0 Å². The van der Waals surface area contributed by atoms with E-state index >= 15 is 0 Å². The van der Waals surface area contributed by atoms with Crippen LogP contribution in [0.3, 0.4) is 0 Å². The SMILES string of the molecule is O=C(COC(=O)c1cccc(OC(F)F)c1)Nc1ccc(F)c(Cl)c1. The van der Waals surface area contributed by atoms with Crippen molar-refractivity contribution in [3.05, 3.63) is 58.9 Å². The maximum Gasteiger partial charge on any atom is 0.387 e. The number of hydrogen-bond donors (Lipinski definition) is 1. The fourth-order valence-electron chi connectivity index (χ4n) is 1.78. The van der Waals surface area contributed by atoms with Crippen molar-refractivity contribution in [2.45, 2.75) is 6.61 Å². The summed E-state index contributed by atoms with van der Waals surface area (Å²) in [5.74, 6) is -2.44. The minimum atomic E-state index is -3.03. The largest absolute Gasteiger partial charge is 0.452 e. The molecule has 2 aromatic rings. The molecule has 0 saturated carbocycles. The summed E-state index contributed by atoms with van der Waals surface area (Å²) in [4.78, 5) is 23.5. The highest BCUT2D eigenvalue weighted by Crippen LogP contribution is 2.19. The third-order valence-electron chi connectivity index (χ3n) is 2.83. The lowest BCUT2D eigenvalue weighted by Crippen LogP contribution is -2.21. The second-order valence-corrected chi connectivity index (χ2v) is 5.07. The van der Waals surface area contributed by atoms with Gasteiger partial charge in [0, 0.05) is 5.69 Å². The smallest absolute Gasteiger partial charge is 0.387 e. The summed E-state index contributed by atoms with van der Waals surface area (Å²) in [5, 5.41) is 2.19. The lowest BCUT2D eigenvalue weighted by molar-refractivity contribution is -0.119. The Morgan fingerprint density at radius 2 is 1.92 bits per heavy atom. The van der Waals surface area contributed by atoms with E-state index in [1.54, 1.807) is 0 Å². The van der Waals surface area contributed by atoms with Crippen molar-refractivity contribution >= 4 is 29.2 Å². The normalized spacial score (nSPS) is 10.4. The minimum absolute atomic E-state index is 0.0595.